The Balaban J connectivity index is 1.92. The summed E-state index contributed by atoms with van der Waals surface area (Å²) in [6.45, 7) is 1.73. The molecule has 1 aliphatic carbocycles. The molecule has 116 valence electrons. The Bertz CT molecular complexity index is 469. The van der Waals surface area contributed by atoms with E-state index >= 15 is 0 Å². The molecule has 0 bridgehead atoms. The Kier molecular flexibility index (Phi) is 5.61. The minimum Gasteiger partial charge on any atom is -0.480 e. The second-order valence-electron chi connectivity index (χ2n) is 5.65. The maximum absolute atomic E-state index is 12.4. The van der Waals surface area contributed by atoms with Crippen molar-refractivity contribution in [2.75, 3.05) is 6.54 Å². The van der Waals surface area contributed by atoms with Crippen LogP contribution in [0.15, 0.2) is 16.8 Å². The van der Waals surface area contributed by atoms with Gasteiger partial charge in [-0.1, -0.05) is 12.8 Å². The van der Waals surface area contributed by atoms with Gasteiger partial charge in [-0.25, -0.2) is 4.79 Å². The average Bonchev–Trinajstić information content (AvgIpc) is 3.07. The van der Waals surface area contributed by atoms with E-state index in [2.05, 4.69) is 10.7 Å². The van der Waals surface area contributed by atoms with Gasteiger partial charge in [0.25, 0.3) is 0 Å². The number of nitrogens with zero attached hydrogens (tertiary/aromatic N) is 1. The monoisotopic (exact) mass is 310 g/mol. The first-order valence-corrected chi connectivity index (χ1v) is 8.30. The van der Waals surface area contributed by atoms with Crippen molar-refractivity contribution in [2.45, 2.75) is 51.1 Å². The highest BCUT2D eigenvalue weighted by molar-refractivity contribution is 7.07. The SMILES string of the molecule is CC(Cc1ccsc1)NC(=O)N(CC(=O)O)C1CCCC1. The summed E-state index contributed by atoms with van der Waals surface area (Å²) in [7, 11) is 0. The number of rotatable bonds is 6. The van der Waals surface area contributed by atoms with Crippen LogP contribution in [0.4, 0.5) is 4.79 Å². The Hall–Kier alpha value is -1.56. The van der Waals surface area contributed by atoms with E-state index in [1.165, 1.54) is 10.5 Å². The summed E-state index contributed by atoms with van der Waals surface area (Å²) >= 11 is 1.63. The molecule has 2 amide bonds. The summed E-state index contributed by atoms with van der Waals surface area (Å²) in [5.74, 6) is -0.956. The van der Waals surface area contributed by atoms with Crippen LogP contribution in [0, 0.1) is 0 Å². The highest BCUT2D eigenvalue weighted by Crippen LogP contribution is 2.23. The largest absolute Gasteiger partial charge is 0.480 e. The summed E-state index contributed by atoms with van der Waals surface area (Å²) < 4.78 is 0. The molecule has 1 aromatic heterocycles. The second-order valence-corrected chi connectivity index (χ2v) is 6.43. The number of carboxylic acid groups (broad SMARTS) is 1. The van der Waals surface area contributed by atoms with E-state index in [4.69, 9.17) is 5.11 Å². The van der Waals surface area contributed by atoms with Crippen LogP contribution in [0.3, 0.4) is 0 Å². The number of hydrogen-bond acceptors (Lipinski definition) is 3. The number of aliphatic carboxylic acids is 1. The van der Waals surface area contributed by atoms with Crippen LogP contribution < -0.4 is 5.32 Å². The molecule has 2 rings (SSSR count). The molecule has 1 heterocycles. The average molecular weight is 310 g/mol. The zero-order chi connectivity index (χ0) is 15.2. The fourth-order valence-electron chi connectivity index (χ4n) is 2.84. The minimum atomic E-state index is -0.956. The summed E-state index contributed by atoms with van der Waals surface area (Å²) in [5.41, 5.74) is 1.19. The fourth-order valence-corrected chi connectivity index (χ4v) is 3.52. The lowest BCUT2D eigenvalue weighted by molar-refractivity contribution is -0.138. The summed E-state index contributed by atoms with van der Waals surface area (Å²) in [4.78, 5) is 24.8. The second kappa shape index (κ2) is 7.45. The molecule has 0 aliphatic heterocycles. The molecule has 21 heavy (non-hydrogen) atoms. The third kappa shape index (κ3) is 4.74. The zero-order valence-corrected chi connectivity index (χ0v) is 13.1. The first-order chi connectivity index (χ1) is 10.1. The number of carbonyl (C=O) groups excluding carboxylic acids is 1. The van der Waals surface area contributed by atoms with Crippen LogP contribution >= 0.6 is 11.3 Å². The number of thiophene rings is 1. The van der Waals surface area contributed by atoms with Gasteiger partial charge in [-0.2, -0.15) is 11.3 Å². The molecule has 0 spiro atoms. The molecule has 1 unspecified atom stereocenters. The molecule has 2 N–H and O–H groups in total. The van der Waals surface area contributed by atoms with Gasteiger partial charge in [0.15, 0.2) is 0 Å². The lowest BCUT2D eigenvalue weighted by atomic mass is 10.1. The van der Waals surface area contributed by atoms with Crippen LogP contribution in [-0.2, 0) is 11.2 Å². The number of amides is 2. The van der Waals surface area contributed by atoms with Gasteiger partial charge in [0.05, 0.1) is 0 Å². The normalized spacial score (nSPS) is 16.6. The molecule has 1 saturated carbocycles. The van der Waals surface area contributed by atoms with Crippen molar-refractivity contribution < 1.29 is 14.7 Å². The van der Waals surface area contributed by atoms with Gasteiger partial charge in [-0.05, 0) is 48.6 Å². The van der Waals surface area contributed by atoms with Crippen LogP contribution in [0.1, 0.15) is 38.2 Å². The van der Waals surface area contributed by atoms with Crippen LogP contribution in [0.25, 0.3) is 0 Å². The molecular formula is C15H22N2O3S. The van der Waals surface area contributed by atoms with E-state index in [-0.39, 0.29) is 24.7 Å². The maximum atomic E-state index is 12.4. The topological polar surface area (TPSA) is 69.6 Å². The van der Waals surface area contributed by atoms with Crippen LogP contribution in [0.2, 0.25) is 0 Å². The lowest BCUT2D eigenvalue weighted by Gasteiger charge is -2.29. The van der Waals surface area contributed by atoms with Crippen molar-refractivity contribution in [3.63, 3.8) is 0 Å². The van der Waals surface area contributed by atoms with Gasteiger partial charge in [0.2, 0.25) is 0 Å². The van der Waals surface area contributed by atoms with Crippen LogP contribution in [-0.4, -0.2) is 40.6 Å². The number of carboxylic acids is 1. The fraction of sp³-hybridized carbons (Fsp3) is 0.600. The van der Waals surface area contributed by atoms with E-state index in [1.54, 1.807) is 11.3 Å². The summed E-state index contributed by atoms with van der Waals surface area (Å²) in [6.07, 6.45) is 4.71. The molecule has 1 aromatic rings. The highest BCUT2D eigenvalue weighted by atomic mass is 32.1. The Morgan fingerprint density at radius 2 is 2.19 bits per heavy atom. The standard InChI is InChI=1S/C15H22N2O3S/c1-11(8-12-6-7-21-10-12)16-15(20)17(9-14(18)19)13-4-2-3-5-13/h6-7,10-11,13H,2-5,8-9H2,1H3,(H,16,20)(H,18,19). The predicted molar refractivity (Wildman–Crippen MR) is 82.6 cm³/mol. The van der Waals surface area contributed by atoms with Crippen molar-refractivity contribution in [3.8, 4) is 0 Å². The third-order valence-electron chi connectivity index (χ3n) is 3.82. The highest BCUT2D eigenvalue weighted by Gasteiger charge is 2.28. The third-order valence-corrected chi connectivity index (χ3v) is 4.56. The minimum absolute atomic E-state index is 0.00945. The molecule has 6 heteroatoms. The quantitative estimate of drug-likeness (QED) is 0.849. The maximum Gasteiger partial charge on any atom is 0.323 e. The predicted octanol–water partition coefficient (Wildman–Crippen LogP) is 2.72. The van der Waals surface area contributed by atoms with E-state index < -0.39 is 5.97 Å². The lowest BCUT2D eigenvalue weighted by Crippen LogP contribution is -2.50. The molecule has 5 nitrogen and oxygen atoms in total. The molecular weight excluding hydrogens is 288 g/mol. The zero-order valence-electron chi connectivity index (χ0n) is 12.2. The van der Waals surface area contributed by atoms with Gasteiger partial charge >= 0.3 is 12.0 Å². The summed E-state index contributed by atoms with van der Waals surface area (Å²) in [5, 5.41) is 16.0. The van der Waals surface area contributed by atoms with Gasteiger partial charge < -0.3 is 15.3 Å². The first-order valence-electron chi connectivity index (χ1n) is 7.36. The smallest absolute Gasteiger partial charge is 0.323 e. The Labute approximate surface area is 129 Å². The van der Waals surface area contributed by atoms with Crippen molar-refractivity contribution in [3.05, 3.63) is 22.4 Å². The number of nitrogens with one attached hydrogen (secondary N) is 1. The van der Waals surface area contributed by atoms with Crippen molar-refractivity contribution >= 4 is 23.3 Å². The van der Waals surface area contributed by atoms with Crippen LogP contribution in [0.5, 0.6) is 0 Å². The number of carbonyl (C=O) groups is 2. The van der Waals surface area contributed by atoms with Gasteiger partial charge in [-0.15, -0.1) is 0 Å². The van der Waals surface area contributed by atoms with E-state index in [0.29, 0.717) is 0 Å². The molecule has 0 aromatic carbocycles. The Morgan fingerprint density at radius 3 is 2.76 bits per heavy atom. The van der Waals surface area contributed by atoms with Gasteiger partial charge in [0.1, 0.15) is 6.54 Å². The Morgan fingerprint density at radius 1 is 1.48 bits per heavy atom. The van der Waals surface area contributed by atoms with Crippen molar-refractivity contribution in [1.82, 2.24) is 10.2 Å². The first kappa shape index (κ1) is 15.8. The summed E-state index contributed by atoms with van der Waals surface area (Å²) in [6, 6.07) is 1.84. The van der Waals surface area contributed by atoms with E-state index in [1.807, 2.05) is 18.4 Å². The number of urea groups is 1. The van der Waals surface area contributed by atoms with Crippen molar-refractivity contribution in [1.29, 1.82) is 0 Å². The van der Waals surface area contributed by atoms with E-state index in [0.717, 1.165) is 32.1 Å². The molecule has 0 saturated heterocycles. The number of hydrogen-bond donors (Lipinski definition) is 2. The van der Waals surface area contributed by atoms with Crippen molar-refractivity contribution in [2.24, 2.45) is 0 Å². The molecule has 1 atom stereocenters. The van der Waals surface area contributed by atoms with Gasteiger partial charge in [-0.3, -0.25) is 4.79 Å². The molecule has 1 aliphatic rings. The van der Waals surface area contributed by atoms with E-state index in [9.17, 15) is 9.59 Å². The molecule has 0 radical (unpaired) electrons. The van der Waals surface area contributed by atoms with Gasteiger partial charge in [0, 0.05) is 12.1 Å². The molecule has 1 fully saturated rings.